The summed E-state index contributed by atoms with van der Waals surface area (Å²) in [5, 5.41) is 3.79. The monoisotopic (exact) mass is 413 g/mol. The molecule has 1 unspecified atom stereocenters. The normalized spacial score (nSPS) is 15.9. The topological polar surface area (TPSA) is 94.8 Å². The molecule has 1 aliphatic carbocycles. The van der Waals surface area contributed by atoms with Gasteiger partial charge in [-0.3, -0.25) is 9.59 Å². The van der Waals surface area contributed by atoms with Gasteiger partial charge in [0, 0.05) is 11.2 Å². The maximum atomic E-state index is 13.5. The van der Waals surface area contributed by atoms with E-state index in [-0.39, 0.29) is 34.8 Å². The van der Waals surface area contributed by atoms with Gasteiger partial charge >= 0.3 is 11.9 Å². The fraction of sp³-hybridized carbons (Fsp3) is 0.435. The van der Waals surface area contributed by atoms with Crippen LogP contribution in [0.3, 0.4) is 0 Å². The van der Waals surface area contributed by atoms with Crippen molar-refractivity contribution in [3.63, 3.8) is 0 Å². The second-order valence-electron chi connectivity index (χ2n) is 8.24. The van der Waals surface area contributed by atoms with Gasteiger partial charge in [0.25, 0.3) is 0 Å². The van der Waals surface area contributed by atoms with E-state index >= 15 is 0 Å². The first kappa shape index (κ1) is 21.6. The summed E-state index contributed by atoms with van der Waals surface area (Å²) in [6, 6.07) is 5.24. The Balaban J connectivity index is 2.51. The molecule has 0 saturated carbocycles. The van der Waals surface area contributed by atoms with Crippen molar-refractivity contribution in [1.82, 2.24) is 5.32 Å². The number of hydrogen-bond acceptors (Lipinski definition) is 7. The molecule has 7 nitrogen and oxygen atoms in total. The first-order valence-electron chi connectivity index (χ1n) is 10.0. The summed E-state index contributed by atoms with van der Waals surface area (Å²) in [6.07, 6.45) is 0. The molecule has 0 aliphatic heterocycles. The predicted molar refractivity (Wildman–Crippen MR) is 113 cm³/mol. The highest BCUT2D eigenvalue weighted by molar-refractivity contribution is 6.19. The molecule has 0 radical (unpaired) electrons. The molecule has 0 amide bonds. The SMILES string of the molecule is CCOC(=O)C1=c2oc3ccc(C)cc3c(=O)c2=C(NC(C)(C)C)C1C(=O)OCC. The lowest BCUT2D eigenvalue weighted by Crippen LogP contribution is -2.46. The third-order valence-corrected chi connectivity index (χ3v) is 4.66. The van der Waals surface area contributed by atoms with E-state index in [4.69, 9.17) is 13.9 Å². The van der Waals surface area contributed by atoms with Crippen molar-refractivity contribution in [3.8, 4) is 0 Å². The smallest absolute Gasteiger partial charge is 0.339 e. The fourth-order valence-electron chi connectivity index (χ4n) is 3.58. The van der Waals surface area contributed by atoms with Gasteiger partial charge in [-0.25, -0.2) is 4.79 Å². The zero-order chi connectivity index (χ0) is 22.2. The number of hydrogen-bond donors (Lipinski definition) is 1. The van der Waals surface area contributed by atoms with Gasteiger partial charge in [-0.15, -0.1) is 0 Å². The maximum absolute atomic E-state index is 13.5. The van der Waals surface area contributed by atoms with Gasteiger partial charge in [-0.2, -0.15) is 0 Å². The lowest BCUT2D eigenvalue weighted by atomic mass is 9.97. The first-order chi connectivity index (χ1) is 14.1. The molecule has 0 saturated heterocycles. The van der Waals surface area contributed by atoms with Crippen LogP contribution in [0.5, 0.6) is 0 Å². The van der Waals surface area contributed by atoms with E-state index in [1.807, 2.05) is 33.8 Å². The van der Waals surface area contributed by atoms with Crippen LogP contribution in [0.2, 0.25) is 0 Å². The number of carbonyl (C=O) groups excluding carboxylic acids is 2. The third kappa shape index (κ3) is 3.84. The van der Waals surface area contributed by atoms with Crippen LogP contribution in [0.4, 0.5) is 0 Å². The maximum Gasteiger partial charge on any atom is 0.339 e. The lowest BCUT2D eigenvalue weighted by molar-refractivity contribution is -0.146. The van der Waals surface area contributed by atoms with Crippen LogP contribution >= 0.6 is 0 Å². The highest BCUT2D eigenvalue weighted by atomic mass is 16.5. The molecule has 0 bridgehead atoms. The summed E-state index contributed by atoms with van der Waals surface area (Å²) < 4.78 is 16.5. The Morgan fingerprint density at radius 3 is 2.40 bits per heavy atom. The number of esters is 2. The highest BCUT2D eigenvalue weighted by Gasteiger charge is 2.42. The summed E-state index contributed by atoms with van der Waals surface area (Å²) in [4.78, 5) is 39.3. The van der Waals surface area contributed by atoms with Crippen LogP contribution in [0, 0.1) is 12.8 Å². The molecule has 1 aliphatic rings. The van der Waals surface area contributed by atoms with Crippen LogP contribution in [0.25, 0.3) is 22.2 Å². The van der Waals surface area contributed by atoms with Crippen LogP contribution in [-0.2, 0) is 19.1 Å². The molecule has 7 heteroatoms. The zero-order valence-electron chi connectivity index (χ0n) is 18.2. The van der Waals surface area contributed by atoms with Crippen LogP contribution in [-0.4, -0.2) is 30.7 Å². The zero-order valence-corrected chi connectivity index (χ0v) is 18.2. The van der Waals surface area contributed by atoms with Crippen molar-refractivity contribution >= 4 is 34.2 Å². The molecule has 1 N–H and O–H groups in total. The molecule has 2 aromatic rings. The molecule has 0 spiro atoms. The summed E-state index contributed by atoms with van der Waals surface area (Å²) in [7, 11) is 0. The van der Waals surface area contributed by atoms with Gasteiger partial charge in [0.1, 0.15) is 17.1 Å². The Morgan fingerprint density at radius 2 is 1.80 bits per heavy atom. The Hall–Kier alpha value is -3.09. The summed E-state index contributed by atoms with van der Waals surface area (Å²) in [5.74, 6) is -2.48. The summed E-state index contributed by atoms with van der Waals surface area (Å²) >= 11 is 0. The van der Waals surface area contributed by atoms with E-state index in [0.29, 0.717) is 16.7 Å². The van der Waals surface area contributed by atoms with E-state index in [0.717, 1.165) is 5.56 Å². The average molecular weight is 413 g/mol. The van der Waals surface area contributed by atoms with E-state index in [1.165, 1.54) is 0 Å². The molecule has 0 fully saturated rings. The molecule has 3 rings (SSSR count). The number of rotatable bonds is 5. The van der Waals surface area contributed by atoms with Gasteiger partial charge in [-0.1, -0.05) is 11.6 Å². The molecule has 1 atom stereocenters. The number of ether oxygens (including phenoxy) is 2. The molecule has 1 aromatic carbocycles. The number of benzene rings is 1. The van der Waals surface area contributed by atoms with E-state index < -0.39 is 23.4 Å². The molecule has 160 valence electrons. The Bertz CT molecular complexity index is 1200. The molecular formula is C23H27NO6. The summed E-state index contributed by atoms with van der Waals surface area (Å²) in [5.41, 5.74) is 0.776. The quantitative estimate of drug-likeness (QED) is 0.743. The number of carbonyl (C=O) groups is 2. The molecule has 30 heavy (non-hydrogen) atoms. The van der Waals surface area contributed by atoms with Crippen molar-refractivity contribution < 1.29 is 23.5 Å². The van der Waals surface area contributed by atoms with Crippen molar-refractivity contribution in [2.75, 3.05) is 13.2 Å². The molecule has 1 heterocycles. The van der Waals surface area contributed by atoms with E-state index in [1.54, 1.807) is 26.0 Å². The van der Waals surface area contributed by atoms with Crippen LogP contribution in [0.15, 0.2) is 27.4 Å². The lowest BCUT2D eigenvalue weighted by Gasteiger charge is -2.26. The summed E-state index contributed by atoms with van der Waals surface area (Å²) in [6.45, 7) is 11.2. The Morgan fingerprint density at radius 1 is 1.13 bits per heavy atom. The van der Waals surface area contributed by atoms with Crippen molar-refractivity contribution in [3.05, 3.63) is 44.6 Å². The van der Waals surface area contributed by atoms with E-state index in [9.17, 15) is 14.4 Å². The predicted octanol–water partition coefficient (Wildman–Crippen LogP) is 1.50. The standard InChI is InChI=1S/C23H27NO6/c1-7-28-21(26)15-16(22(27)29-8-2)20-17(18(15)24-23(4,5)6)19(25)13-11-12(3)9-10-14(13)30-20/h9-11,15,24H,7-8H2,1-6H3. The van der Waals surface area contributed by atoms with Crippen molar-refractivity contribution in [2.45, 2.75) is 47.1 Å². The van der Waals surface area contributed by atoms with Gasteiger partial charge in [0.15, 0.2) is 5.42 Å². The fourth-order valence-corrected chi connectivity index (χ4v) is 3.58. The second-order valence-corrected chi connectivity index (χ2v) is 8.24. The first-order valence-corrected chi connectivity index (χ1v) is 10.0. The number of aryl methyl sites for hydroxylation is 1. The van der Waals surface area contributed by atoms with Crippen molar-refractivity contribution in [2.24, 2.45) is 5.92 Å². The third-order valence-electron chi connectivity index (χ3n) is 4.66. The van der Waals surface area contributed by atoms with Gasteiger partial charge in [0.2, 0.25) is 5.43 Å². The minimum atomic E-state index is -1.13. The van der Waals surface area contributed by atoms with Gasteiger partial charge < -0.3 is 19.2 Å². The Labute approximate surface area is 174 Å². The van der Waals surface area contributed by atoms with E-state index in [2.05, 4.69) is 5.32 Å². The largest absolute Gasteiger partial charge is 0.465 e. The highest BCUT2D eigenvalue weighted by Crippen LogP contribution is 2.27. The van der Waals surface area contributed by atoms with Crippen molar-refractivity contribution in [1.29, 1.82) is 0 Å². The second kappa shape index (κ2) is 7.97. The van der Waals surface area contributed by atoms with Crippen LogP contribution in [0.1, 0.15) is 40.2 Å². The minimum absolute atomic E-state index is 0.0170. The Kier molecular flexibility index (Phi) is 5.74. The minimum Gasteiger partial charge on any atom is -0.465 e. The van der Waals surface area contributed by atoms with Gasteiger partial charge in [-0.05, 0) is 53.7 Å². The molecule has 1 aromatic heterocycles. The number of nitrogens with one attached hydrogen (secondary N) is 1. The van der Waals surface area contributed by atoms with Crippen LogP contribution < -0.4 is 21.4 Å². The average Bonchev–Trinajstić information content (AvgIpc) is 2.95. The van der Waals surface area contributed by atoms with Gasteiger partial charge in [0.05, 0.1) is 23.8 Å². The molecular weight excluding hydrogens is 386 g/mol. The number of fused-ring (bicyclic) bond motifs is 2.